The van der Waals surface area contributed by atoms with Crippen LogP contribution in [0, 0.1) is 17.8 Å². The number of carbonyl (C=O) groups excluding carboxylic acids is 2. The first kappa shape index (κ1) is 49.2. The van der Waals surface area contributed by atoms with E-state index in [1.54, 1.807) is 20.2 Å². The van der Waals surface area contributed by atoms with Gasteiger partial charge in [-0.3, -0.25) is 19.0 Å². The second-order valence-electron chi connectivity index (χ2n) is 19.7. The summed E-state index contributed by atoms with van der Waals surface area (Å²) in [6.45, 7) is 18.5. The van der Waals surface area contributed by atoms with Gasteiger partial charge in [0.15, 0.2) is 8.32 Å². The Morgan fingerprint density at radius 1 is 1.03 bits per heavy atom. The highest BCUT2D eigenvalue weighted by atomic mass is 35.5. The third kappa shape index (κ3) is 10.3. The van der Waals surface area contributed by atoms with Crippen LogP contribution in [0.4, 0.5) is 5.69 Å². The van der Waals surface area contributed by atoms with Gasteiger partial charge in [-0.25, -0.2) is 4.21 Å². The lowest BCUT2D eigenvalue weighted by atomic mass is 9.68. The minimum absolute atomic E-state index is 0.0574. The van der Waals surface area contributed by atoms with E-state index < -0.39 is 42.1 Å². The molecule has 1 fully saturated rings. The van der Waals surface area contributed by atoms with Crippen molar-refractivity contribution in [2.45, 2.75) is 115 Å². The monoisotopic (exact) mass is 951 g/mol. The molecule has 0 radical (unpaired) electrons. The quantitative estimate of drug-likeness (QED) is 0.106. The van der Waals surface area contributed by atoms with Crippen LogP contribution in [0.3, 0.4) is 0 Å². The Bertz CT molecular complexity index is 2340. The molecule has 2 aliphatic heterocycles. The number of aryl methyl sites for hydroxylation is 2. The molecule has 65 heavy (non-hydrogen) atoms. The van der Waals surface area contributed by atoms with Crippen LogP contribution < -0.4 is 19.1 Å². The zero-order chi connectivity index (χ0) is 46.8. The maximum atomic E-state index is 15.1. The number of hydrogen-bond acceptors (Lipinski definition) is 10. The molecule has 2 bridgehead atoms. The van der Waals surface area contributed by atoms with Crippen LogP contribution in [-0.2, 0) is 42.7 Å². The normalized spacial score (nSPS) is 27.6. The molecule has 16 heteroatoms. The number of nitrogens with zero attached hydrogens (tertiary/aromatic N) is 4. The van der Waals surface area contributed by atoms with Crippen molar-refractivity contribution in [3.05, 3.63) is 82.0 Å². The number of aromatic nitrogens is 2. The molecule has 4 aliphatic rings. The molecule has 1 N–H and O–H groups in total. The van der Waals surface area contributed by atoms with E-state index in [1.807, 2.05) is 31.2 Å². The Kier molecular flexibility index (Phi) is 15.3. The lowest BCUT2D eigenvalue weighted by Gasteiger charge is -2.46. The van der Waals surface area contributed by atoms with Gasteiger partial charge < -0.3 is 28.3 Å². The largest absolute Gasteiger partial charge is 0.490 e. The Morgan fingerprint density at radius 2 is 1.77 bits per heavy atom. The highest BCUT2D eigenvalue weighted by Crippen LogP contribution is 2.48. The van der Waals surface area contributed by atoms with E-state index in [0.29, 0.717) is 55.3 Å². The van der Waals surface area contributed by atoms with E-state index in [9.17, 15) is 9.59 Å². The van der Waals surface area contributed by atoms with Gasteiger partial charge in [0.1, 0.15) is 21.2 Å². The number of ether oxygens (including phenoxy) is 4. The number of fused-ring (bicyclic) bond motifs is 4. The number of hydrogen-bond donors (Lipinski definition) is 1. The summed E-state index contributed by atoms with van der Waals surface area (Å²) in [6.07, 6.45) is 9.65. The second-order valence-corrected chi connectivity index (χ2v) is 27.6. The molecule has 1 spiro atoms. The predicted octanol–water partition coefficient (Wildman–Crippen LogP) is 9.33. The summed E-state index contributed by atoms with van der Waals surface area (Å²) >= 11 is 6.55. The zero-order valence-electron chi connectivity index (χ0n) is 39.9. The van der Waals surface area contributed by atoms with Gasteiger partial charge in [0, 0.05) is 49.4 Å². The summed E-state index contributed by atoms with van der Waals surface area (Å²) < 4.78 is 55.6. The molecule has 7 atom stereocenters. The van der Waals surface area contributed by atoms with Crippen molar-refractivity contribution >= 4 is 47.3 Å². The number of benzene rings is 2. The molecule has 2 aliphatic carbocycles. The number of carbonyl (C=O) groups is 2. The molecule has 2 amide bonds. The number of anilines is 1. The Labute approximate surface area is 392 Å². The van der Waals surface area contributed by atoms with Gasteiger partial charge in [0.05, 0.1) is 50.6 Å². The summed E-state index contributed by atoms with van der Waals surface area (Å²) in [7, 11) is -1.23. The number of nitrogens with one attached hydrogen (secondary N) is 1. The maximum Gasteiger partial charge on any atom is 0.286 e. The third-order valence-corrected chi connectivity index (χ3v) is 22.9. The average molecular weight is 953 g/mol. The first-order valence-corrected chi connectivity index (χ1v) is 27.6. The summed E-state index contributed by atoms with van der Waals surface area (Å²) in [5.74, 6) is -0.895. The topological polar surface area (TPSA) is 143 Å². The molecule has 356 valence electrons. The van der Waals surface area contributed by atoms with Crippen LogP contribution in [0.15, 0.2) is 59.1 Å². The van der Waals surface area contributed by atoms with Gasteiger partial charge in [0.2, 0.25) is 5.88 Å². The first-order valence-electron chi connectivity index (χ1n) is 23.4. The van der Waals surface area contributed by atoms with E-state index >= 15 is 4.21 Å². The summed E-state index contributed by atoms with van der Waals surface area (Å²) in [4.78, 5) is 30.6. The number of methoxy groups -OCH3 is 2. The fourth-order valence-electron chi connectivity index (χ4n) is 11.4. The van der Waals surface area contributed by atoms with E-state index in [-0.39, 0.29) is 46.1 Å². The fourth-order valence-corrected chi connectivity index (χ4v) is 19.0. The number of halogens is 1. The average Bonchev–Trinajstić information content (AvgIpc) is 3.56. The molecule has 1 aromatic heterocycles. The molecule has 2 unspecified atom stereocenters. The van der Waals surface area contributed by atoms with Gasteiger partial charge in [-0.05, 0) is 108 Å². The van der Waals surface area contributed by atoms with E-state index in [2.05, 4.69) is 78.8 Å². The molecule has 0 saturated heterocycles. The van der Waals surface area contributed by atoms with Crippen LogP contribution in [0.1, 0.15) is 106 Å². The Balaban J connectivity index is 1.29. The maximum absolute atomic E-state index is 15.1. The van der Waals surface area contributed by atoms with E-state index in [0.717, 1.165) is 42.8 Å². The van der Waals surface area contributed by atoms with Gasteiger partial charge in [0.25, 0.3) is 11.8 Å². The van der Waals surface area contributed by atoms with Crippen molar-refractivity contribution < 1.29 is 37.2 Å². The minimum atomic E-state index is -3.78. The van der Waals surface area contributed by atoms with E-state index in [1.165, 1.54) is 29.1 Å². The van der Waals surface area contributed by atoms with Crippen molar-refractivity contribution in [1.29, 1.82) is 0 Å². The van der Waals surface area contributed by atoms with Gasteiger partial charge in [-0.2, -0.15) is 0 Å². The van der Waals surface area contributed by atoms with Crippen molar-refractivity contribution in [2.24, 2.45) is 29.2 Å². The lowest BCUT2D eigenvalue weighted by Crippen LogP contribution is -2.50. The second kappa shape index (κ2) is 20.2. The smallest absolute Gasteiger partial charge is 0.286 e. The summed E-state index contributed by atoms with van der Waals surface area (Å²) in [5.41, 5.74) is 4.61. The van der Waals surface area contributed by atoms with Gasteiger partial charge >= 0.3 is 0 Å². The highest BCUT2D eigenvalue weighted by Gasteiger charge is 2.47. The van der Waals surface area contributed by atoms with Gasteiger partial charge in [-0.15, -0.1) is 9.46 Å². The van der Waals surface area contributed by atoms with Crippen molar-refractivity contribution in [3.63, 3.8) is 0 Å². The molecule has 1 saturated carbocycles. The van der Waals surface area contributed by atoms with Crippen molar-refractivity contribution in [3.8, 4) is 11.6 Å². The molecular weight excluding hydrogens is 882 g/mol. The van der Waals surface area contributed by atoms with Crippen LogP contribution >= 0.6 is 11.6 Å². The Hall–Kier alpha value is -3.73. The third-order valence-electron chi connectivity index (χ3n) is 14.6. The predicted molar refractivity (Wildman–Crippen MR) is 259 cm³/mol. The molecule has 3 heterocycles. The summed E-state index contributed by atoms with van der Waals surface area (Å²) in [5, 5.41) is 4.92. The van der Waals surface area contributed by atoms with Crippen molar-refractivity contribution in [1.82, 2.24) is 14.5 Å². The molecular formula is C49H70ClN5O8SSi. The van der Waals surface area contributed by atoms with Crippen LogP contribution in [0.5, 0.6) is 11.6 Å². The lowest BCUT2D eigenvalue weighted by molar-refractivity contribution is -0.0254. The number of amides is 2. The van der Waals surface area contributed by atoms with Gasteiger partial charge in [-0.1, -0.05) is 78.3 Å². The first-order chi connectivity index (χ1) is 30.9. The van der Waals surface area contributed by atoms with Crippen LogP contribution in [0.2, 0.25) is 21.6 Å². The molecule has 7 rings (SSSR count). The van der Waals surface area contributed by atoms with E-state index in [4.69, 9.17) is 35.0 Å². The molecule has 2 aromatic carbocycles. The fraction of sp³-hybridized carbons (Fsp3) is 0.612. The summed E-state index contributed by atoms with van der Waals surface area (Å²) in [6, 6.07) is 11.5. The Morgan fingerprint density at radius 3 is 2.45 bits per heavy atom. The molecule has 3 aromatic rings. The SMILES string of the molecule is COc1nn(C)cc1C(=O)NS1(=O)=NC(=O)c2ccc3c(c2)N(C[C@@H]2CC[C@H]2[C@@H](OCCO[Si](C(C)C)(C(C)C)C(C)C)/C=C/C(OC)[C@H](C)C1)C[C@@]1(CCCc2cc(Cl)ccc21)CO3. The van der Waals surface area contributed by atoms with Crippen LogP contribution in [-0.4, -0.2) is 99.2 Å². The van der Waals surface area contributed by atoms with Crippen LogP contribution in [0.25, 0.3) is 0 Å². The van der Waals surface area contributed by atoms with Crippen molar-refractivity contribution in [2.75, 3.05) is 57.8 Å². The minimum Gasteiger partial charge on any atom is -0.490 e. The highest BCUT2D eigenvalue weighted by molar-refractivity contribution is 7.92. The standard InChI is InChI=1S/C49H70ClN5O8SSi/c1-31(2)65(32(3)4,33(5)6)63-23-22-61-44-20-19-43(59-9)34(7)28-64(58,53-47(57)40-27-54(8)51-48(40)60-10)52-46(56)36-14-18-45-42(25-36)55(26-37-13-16-39(37)44)29-49(30-62-45)21-11-12-35-24-38(50)15-17-41(35)49/h14-15,17-20,24-25,27,31-34,37,39,43-44H,11-13,16,21-23,26,28-30H2,1-10H3,(H,52,53,56,57,58)/b20-19+/t34-,37+,39-,43?,44+,49+,64?/m1/s1. The zero-order valence-corrected chi connectivity index (χ0v) is 42.5. The molecule has 13 nitrogen and oxygen atoms in total. The number of rotatable bonds is 12.